The first-order valence-corrected chi connectivity index (χ1v) is 6.06. The molecule has 0 amide bonds. The maximum atomic E-state index is 9.34. The highest BCUT2D eigenvalue weighted by atomic mass is 16.5. The highest BCUT2D eigenvalue weighted by Crippen LogP contribution is 2.25. The van der Waals surface area contributed by atoms with E-state index in [2.05, 4.69) is 11.9 Å². The van der Waals surface area contributed by atoms with Crippen LogP contribution in [0.25, 0.3) is 0 Å². The van der Waals surface area contributed by atoms with Gasteiger partial charge >= 0.3 is 0 Å². The molecule has 0 atom stereocenters. The van der Waals surface area contributed by atoms with Crippen LogP contribution in [0.3, 0.4) is 0 Å². The number of aromatic nitrogens is 1. The first-order valence-electron chi connectivity index (χ1n) is 6.06. The first-order chi connectivity index (χ1) is 8.24. The topological polar surface area (TPSA) is 62.6 Å². The van der Waals surface area contributed by atoms with Gasteiger partial charge in [-0.2, -0.15) is 0 Å². The molecule has 1 aromatic rings. The Bertz CT molecular complexity index is 353. The lowest BCUT2D eigenvalue weighted by Gasteiger charge is -2.14. The first kappa shape index (κ1) is 13.9. The quantitative estimate of drug-likeness (QED) is 0.714. The van der Waals surface area contributed by atoms with E-state index in [4.69, 9.17) is 9.84 Å². The molecule has 0 fully saturated rings. The molecule has 1 heterocycles. The molecule has 4 heteroatoms. The minimum atomic E-state index is -0.137. The van der Waals surface area contributed by atoms with Gasteiger partial charge < -0.3 is 14.9 Å². The summed E-state index contributed by atoms with van der Waals surface area (Å²) in [6, 6.07) is 0. The average Bonchev–Trinajstić information content (AvgIpc) is 2.35. The van der Waals surface area contributed by atoms with Crippen molar-refractivity contribution >= 4 is 0 Å². The van der Waals surface area contributed by atoms with Gasteiger partial charge in [-0.05, 0) is 13.3 Å². The van der Waals surface area contributed by atoms with Crippen LogP contribution in [-0.2, 0) is 13.2 Å². The van der Waals surface area contributed by atoms with Gasteiger partial charge in [-0.15, -0.1) is 0 Å². The van der Waals surface area contributed by atoms with Gasteiger partial charge in [-0.3, -0.25) is 4.98 Å². The predicted octanol–water partition coefficient (Wildman–Crippen LogP) is 1.94. The second kappa shape index (κ2) is 7.25. The van der Waals surface area contributed by atoms with E-state index in [0.717, 1.165) is 25.0 Å². The molecule has 0 spiro atoms. The molecule has 17 heavy (non-hydrogen) atoms. The number of unbranched alkanes of at least 4 members (excludes halogenated alkanes) is 2. The number of hydrogen-bond donors (Lipinski definition) is 2. The van der Waals surface area contributed by atoms with Crippen molar-refractivity contribution in [2.24, 2.45) is 0 Å². The Morgan fingerprint density at radius 3 is 2.59 bits per heavy atom. The molecule has 1 aromatic heterocycles. The molecular weight excluding hydrogens is 218 g/mol. The molecule has 0 saturated heterocycles. The van der Waals surface area contributed by atoms with E-state index < -0.39 is 0 Å². The fourth-order valence-electron chi connectivity index (χ4n) is 1.70. The Balaban J connectivity index is 2.80. The second-order valence-electron chi connectivity index (χ2n) is 4.05. The molecule has 0 aliphatic rings. The molecule has 0 saturated carbocycles. The van der Waals surface area contributed by atoms with Gasteiger partial charge in [0.05, 0.1) is 25.5 Å². The molecule has 0 aliphatic carbocycles. The minimum Gasteiger partial charge on any atom is -0.491 e. The smallest absolute Gasteiger partial charge is 0.146 e. The maximum absolute atomic E-state index is 9.34. The summed E-state index contributed by atoms with van der Waals surface area (Å²) >= 11 is 0. The average molecular weight is 239 g/mol. The summed E-state index contributed by atoms with van der Waals surface area (Å²) in [4.78, 5) is 4.16. The number of aliphatic hydroxyl groups excluding tert-OH is 2. The monoisotopic (exact) mass is 239 g/mol. The molecule has 0 aromatic carbocycles. The minimum absolute atomic E-state index is 0.130. The van der Waals surface area contributed by atoms with Crippen LogP contribution in [0, 0.1) is 6.92 Å². The second-order valence-corrected chi connectivity index (χ2v) is 4.05. The molecule has 1 rings (SSSR count). The van der Waals surface area contributed by atoms with Crippen molar-refractivity contribution in [2.75, 3.05) is 6.61 Å². The Labute approximate surface area is 102 Å². The Kier molecular flexibility index (Phi) is 5.94. The van der Waals surface area contributed by atoms with Gasteiger partial charge in [0.25, 0.3) is 0 Å². The third-order valence-corrected chi connectivity index (χ3v) is 2.73. The molecule has 0 unspecified atom stereocenters. The van der Waals surface area contributed by atoms with Crippen LogP contribution in [0.5, 0.6) is 5.75 Å². The van der Waals surface area contributed by atoms with E-state index in [1.165, 1.54) is 0 Å². The van der Waals surface area contributed by atoms with Crippen LogP contribution in [-0.4, -0.2) is 21.8 Å². The number of aryl methyl sites for hydroxylation is 1. The van der Waals surface area contributed by atoms with Gasteiger partial charge in [-0.25, -0.2) is 0 Å². The summed E-state index contributed by atoms with van der Waals surface area (Å²) in [5.74, 6) is 0.621. The van der Waals surface area contributed by atoms with Gasteiger partial charge in [0.1, 0.15) is 5.75 Å². The molecular formula is C13H21NO3. The van der Waals surface area contributed by atoms with E-state index in [1.54, 1.807) is 6.20 Å². The van der Waals surface area contributed by atoms with Crippen molar-refractivity contribution < 1.29 is 14.9 Å². The van der Waals surface area contributed by atoms with Gasteiger partial charge in [0.15, 0.2) is 0 Å². The summed E-state index contributed by atoms with van der Waals surface area (Å²) < 4.78 is 5.67. The number of aliphatic hydroxyl groups is 2. The van der Waals surface area contributed by atoms with Crippen LogP contribution in [0.4, 0.5) is 0 Å². The Hall–Kier alpha value is -1.13. The highest BCUT2D eigenvalue weighted by Gasteiger charge is 2.12. The van der Waals surface area contributed by atoms with E-state index in [9.17, 15) is 5.11 Å². The van der Waals surface area contributed by atoms with E-state index in [-0.39, 0.29) is 13.2 Å². The van der Waals surface area contributed by atoms with Crippen LogP contribution in [0.15, 0.2) is 6.20 Å². The summed E-state index contributed by atoms with van der Waals surface area (Å²) in [6.45, 7) is 4.34. The standard InChI is InChI=1S/C13H21NO3/c1-3-4-5-6-17-13-10(2)14-7-11(8-15)12(13)9-16/h7,15-16H,3-6,8-9H2,1-2H3. The van der Waals surface area contributed by atoms with Gasteiger partial charge in [0, 0.05) is 17.3 Å². The van der Waals surface area contributed by atoms with Crippen molar-refractivity contribution in [1.29, 1.82) is 0 Å². The van der Waals surface area contributed by atoms with Crippen molar-refractivity contribution in [2.45, 2.75) is 46.3 Å². The normalized spacial score (nSPS) is 10.6. The summed E-state index contributed by atoms with van der Waals surface area (Å²) in [5, 5.41) is 18.5. The number of pyridine rings is 1. The summed E-state index contributed by atoms with van der Waals surface area (Å²) in [6.07, 6.45) is 4.84. The van der Waals surface area contributed by atoms with Crippen molar-refractivity contribution in [3.8, 4) is 5.75 Å². The molecule has 0 radical (unpaired) electrons. The Morgan fingerprint density at radius 1 is 1.24 bits per heavy atom. The molecule has 96 valence electrons. The SMILES string of the molecule is CCCCCOc1c(C)ncc(CO)c1CO. The fourth-order valence-corrected chi connectivity index (χ4v) is 1.70. The molecule has 4 nitrogen and oxygen atoms in total. The number of ether oxygens (including phenoxy) is 1. The zero-order valence-corrected chi connectivity index (χ0v) is 10.6. The van der Waals surface area contributed by atoms with Crippen molar-refractivity contribution in [1.82, 2.24) is 4.98 Å². The predicted molar refractivity (Wildman–Crippen MR) is 65.8 cm³/mol. The zero-order chi connectivity index (χ0) is 12.7. The lowest BCUT2D eigenvalue weighted by atomic mass is 10.1. The van der Waals surface area contributed by atoms with E-state index in [0.29, 0.717) is 23.5 Å². The maximum Gasteiger partial charge on any atom is 0.146 e. The third kappa shape index (κ3) is 3.68. The van der Waals surface area contributed by atoms with Gasteiger partial charge in [-0.1, -0.05) is 19.8 Å². The summed E-state index contributed by atoms with van der Waals surface area (Å²) in [7, 11) is 0. The van der Waals surface area contributed by atoms with Crippen LogP contribution in [0.2, 0.25) is 0 Å². The third-order valence-electron chi connectivity index (χ3n) is 2.73. The Morgan fingerprint density at radius 2 is 2.00 bits per heavy atom. The van der Waals surface area contributed by atoms with Crippen molar-refractivity contribution in [3.05, 3.63) is 23.0 Å². The molecule has 0 bridgehead atoms. The number of rotatable bonds is 7. The van der Waals surface area contributed by atoms with Crippen LogP contribution in [0.1, 0.15) is 43.0 Å². The van der Waals surface area contributed by atoms with E-state index in [1.807, 2.05) is 6.92 Å². The lowest BCUT2D eigenvalue weighted by molar-refractivity contribution is 0.243. The lowest BCUT2D eigenvalue weighted by Crippen LogP contribution is -2.06. The van der Waals surface area contributed by atoms with E-state index >= 15 is 0 Å². The largest absolute Gasteiger partial charge is 0.491 e. The van der Waals surface area contributed by atoms with Crippen LogP contribution < -0.4 is 4.74 Å². The fraction of sp³-hybridized carbons (Fsp3) is 0.615. The van der Waals surface area contributed by atoms with Gasteiger partial charge in [0.2, 0.25) is 0 Å². The number of nitrogens with zero attached hydrogens (tertiary/aromatic N) is 1. The van der Waals surface area contributed by atoms with Crippen molar-refractivity contribution in [3.63, 3.8) is 0 Å². The molecule has 0 aliphatic heterocycles. The number of hydrogen-bond acceptors (Lipinski definition) is 4. The molecule has 2 N–H and O–H groups in total. The summed E-state index contributed by atoms with van der Waals surface area (Å²) in [5.41, 5.74) is 2.03. The van der Waals surface area contributed by atoms with Crippen LogP contribution >= 0.6 is 0 Å². The zero-order valence-electron chi connectivity index (χ0n) is 10.6. The highest BCUT2D eigenvalue weighted by molar-refractivity contribution is 5.41.